The van der Waals surface area contributed by atoms with Crippen LogP contribution in [-0.2, 0) is 9.53 Å². The lowest BCUT2D eigenvalue weighted by Gasteiger charge is -2.13. The van der Waals surface area contributed by atoms with Crippen molar-refractivity contribution in [1.82, 2.24) is 0 Å². The van der Waals surface area contributed by atoms with Crippen molar-refractivity contribution in [3.8, 4) is 5.75 Å². The van der Waals surface area contributed by atoms with Crippen LogP contribution in [0.15, 0.2) is 60.7 Å². The van der Waals surface area contributed by atoms with Crippen LogP contribution in [0.2, 0.25) is 0 Å². The van der Waals surface area contributed by atoms with Crippen molar-refractivity contribution in [3.63, 3.8) is 0 Å². The van der Waals surface area contributed by atoms with E-state index in [0.29, 0.717) is 11.4 Å². The van der Waals surface area contributed by atoms with E-state index in [1.54, 1.807) is 12.1 Å². The number of methoxy groups -OCH3 is 1. The Kier molecular flexibility index (Phi) is 6.09. The molecule has 0 bridgehead atoms. The fourth-order valence-corrected chi connectivity index (χ4v) is 3.51. The number of benzene rings is 3. The van der Waals surface area contributed by atoms with Gasteiger partial charge in [-0.1, -0.05) is 6.07 Å². The number of nitrogens with one attached hydrogen (secondary N) is 1. The summed E-state index contributed by atoms with van der Waals surface area (Å²) >= 11 is 0. The van der Waals surface area contributed by atoms with Gasteiger partial charge in [0.15, 0.2) is 6.61 Å². The normalized spacial score (nSPS) is 12.4. The Balaban J connectivity index is 1.45. The summed E-state index contributed by atoms with van der Waals surface area (Å²) in [6.45, 7) is 1.29. The molecule has 3 aromatic carbocycles. The topological polar surface area (TPSA) is 102 Å². The summed E-state index contributed by atoms with van der Waals surface area (Å²) in [6, 6.07) is 14.1. The molecule has 1 N–H and O–H groups in total. The smallest absolute Gasteiger partial charge is 0.338 e. The highest BCUT2D eigenvalue weighted by atomic mass is 19.1. The molecule has 0 fully saturated rings. The number of carbonyl (C=O) groups is 4. The first-order chi connectivity index (χ1) is 16.3. The minimum absolute atomic E-state index is 0.00166. The summed E-state index contributed by atoms with van der Waals surface area (Å²) in [5, 5.41) is 2.62. The van der Waals surface area contributed by atoms with Gasteiger partial charge in [-0.3, -0.25) is 14.4 Å². The van der Waals surface area contributed by atoms with E-state index < -0.39 is 36.1 Å². The zero-order valence-electron chi connectivity index (χ0n) is 18.3. The Bertz CT molecular complexity index is 1320. The van der Waals surface area contributed by atoms with Gasteiger partial charge in [0.05, 0.1) is 35.2 Å². The fraction of sp³-hybridized carbons (Fsp3) is 0.120. The van der Waals surface area contributed by atoms with Gasteiger partial charge in [-0.2, -0.15) is 0 Å². The number of imide groups is 1. The van der Waals surface area contributed by atoms with Gasteiger partial charge in [0.2, 0.25) is 0 Å². The minimum atomic E-state index is -0.838. The van der Waals surface area contributed by atoms with E-state index in [4.69, 9.17) is 9.47 Å². The molecule has 1 aliphatic rings. The molecular weight excluding hydrogens is 443 g/mol. The molecule has 0 atom stereocenters. The first-order valence-electron chi connectivity index (χ1n) is 10.2. The molecule has 8 nitrogen and oxygen atoms in total. The van der Waals surface area contributed by atoms with Gasteiger partial charge < -0.3 is 14.8 Å². The van der Waals surface area contributed by atoms with Crippen LogP contribution < -0.4 is 15.0 Å². The number of anilines is 2. The second-order valence-corrected chi connectivity index (χ2v) is 7.51. The quantitative estimate of drug-likeness (QED) is 0.442. The van der Waals surface area contributed by atoms with Gasteiger partial charge in [0.25, 0.3) is 17.7 Å². The second kappa shape index (κ2) is 9.14. The number of esters is 1. The van der Waals surface area contributed by atoms with Crippen molar-refractivity contribution in [3.05, 3.63) is 88.7 Å². The maximum Gasteiger partial charge on any atom is 0.338 e. The lowest BCUT2D eigenvalue weighted by Crippen LogP contribution is -2.29. The fourth-order valence-electron chi connectivity index (χ4n) is 3.51. The molecule has 1 heterocycles. The third-order valence-electron chi connectivity index (χ3n) is 5.17. The lowest BCUT2D eigenvalue weighted by molar-refractivity contribution is -0.119. The highest BCUT2D eigenvalue weighted by molar-refractivity contribution is 6.34. The van der Waals surface area contributed by atoms with E-state index in [-0.39, 0.29) is 22.4 Å². The van der Waals surface area contributed by atoms with E-state index >= 15 is 0 Å². The molecule has 0 spiro atoms. The zero-order chi connectivity index (χ0) is 24.4. The largest absolute Gasteiger partial charge is 0.495 e. The molecule has 0 saturated heterocycles. The molecular formula is C25H19FN2O6. The van der Waals surface area contributed by atoms with E-state index in [2.05, 4.69) is 5.32 Å². The Labute approximate surface area is 193 Å². The van der Waals surface area contributed by atoms with Crippen LogP contribution in [0, 0.1) is 12.7 Å². The SMILES string of the molecule is COc1ccc(C)cc1NC(=O)COC(=O)c1ccc2c(c1)C(=O)N(c1ccc(F)cc1)C2=O. The van der Waals surface area contributed by atoms with Crippen LogP contribution in [-0.4, -0.2) is 37.4 Å². The van der Waals surface area contributed by atoms with Crippen LogP contribution in [0.4, 0.5) is 15.8 Å². The molecule has 0 aromatic heterocycles. The van der Waals surface area contributed by atoms with Crippen LogP contribution in [0.25, 0.3) is 0 Å². The number of aryl methyl sites for hydroxylation is 1. The average molecular weight is 462 g/mol. The van der Waals surface area contributed by atoms with Crippen molar-refractivity contribution in [2.45, 2.75) is 6.92 Å². The molecule has 0 aliphatic carbocycles. The molecule has 9 heteroatoms. The van der Waals surface area contributed by atoms with Gasteiger partial charge in [-0.05, 0) is 67.1 Å². The standard InChI is InChI=1S/C25H19FN2O6/c1-14-3-10-21(33-2)20(11-14)27-22(29)13-34-25(32)15-4-9-18-19(12-15)24(31)28(23(18)30)17-7-5-16(26)6-8-17/h3-12H,13H2,1-2H3,(H,27,29). The number of halogens is 1. The van der Waals surface area contributed by atoms with Crippen LogP contribution in [0.5, 0.6) is 5.75 Å². The number of hydrogen-bond donors (Lipinski definition) is 1. The first-order valence-corrected chi connectivity index (χ1v) is 10.2. The van der Waals surface area contributed by atoms with Crippen LogP contribution in [0.1, 0.15) is 36.6 Å². The predicted molar refractivity (Wildman–Crippen MR) is 121 cm³/mol. The Morgan fingerprint density at radius 3 is 2.35 bits per heavy atom. The number of fused-ring (bicyclic) bond motifs is 1. The lowest BCUT2D eigenvalue weighted by atomic mass is 10.1. The molecule has 0 radical (unpaired) electrons. The molecule has 3 aromatic rings. The Morgan fingerprint density at radius 1 is 0.941 bits per heavy atom. The van der Waals surface area contributed by atoms with Crippen LogP contribution in [0.3, 0.4) is 0 Å². The van der Waals surface area contributed by atoms with Gasteiger partial charge >= 0.3 is 5.97 Å². The average Bonchev–Trinajstić information content (AvgIpc) is 3.07. The molecule has 4 rings (SSSR count). The minimum Gasteiger partial charge on any atom is -0.495 e. The number of nitrogens with zero attached hydrogens (tertiary/aromatic N) is 1. The predicted octanol–water partition coefficient (Wildman–Crippen LogP) is 3.74. The molecule has 34 heavy (non-hydrogen) atoms. The monoisotopic (exact) mass is 462 g/mol. The van der Waals surface area contributed by atoms with Crippen molar-refractivity contribution >= 4 is 35.1 Å². The first kappa shape index (κ1) is 22.7. The number of hydrogen-bond acceptors (Lipinski definition) is 6. The van der Waals surface area contributed by atoms with Crippen molar-refractivity contribution in [2.75, 3.05) is 23.9 Å². The third-order valence-corrected chi connectivity index (χ3v) is 5.17. The molecule has 172 valence electrons. The summed E-state index contributed by atoms with van der Waals surface area (Å²) < 4.78 is 23.5. The number of rotatable bonds is 6. The molecule has 1 aliphatic heterocycles. The summed E-state index contributed by atoms with van der Waals surface area (Å²) in [7, 11) is 1.47. The van der Waals surface area contributed by atoms with Crippen molar-refractivity contribution in [1.29, 1.82) is 0 Å². The van der Waals surface area contributed by atoms with E-state index in [1.165, 1.54) is 37.4 Å². The van der Waals surface area contributed by atoms with E-state index in [1.807, 2.05) is 13.0 Å². The Morgan fingerprint density at radius 2 is 1.65 bits per heavy atom. The third kappa shape index (κ3) is 4.36. The zero-order valence-corrected chi connectivity index (χ0v) is 18.3. The van der Waals surface area contributed by atoms with E-state index in [9.17, 15) is 23.6 Å². The van der Waals surface area contributed by atoms with E-state index in [0.717, 1.165) is 22.6 Å². The van der Waals surface area contributed by atoms with Crippen LogP contribution >= 0.6 is 0 Å². The summed E-state index contributed by atoms with van der Waals surface area (Å²) in [5.74, 6) is -2.70. The second-order valence-electron chi connectivity index (χ2n) is 7.51. The molecule has 0 saturated carbocycles. The summed E-state index contributed by atoms with van der Waals surface area (Å²) in [6.07, 6.45) is 0. The van der Waals surface area contributed by atoms with Gasteiger partial charge in [-0.15, -0.1) is 0 Å². The highest BCUT2D eigenvalue weighted by Gasteiger charge is 2.37. The molecule has 3 amide bonds. The number of carbonyl (C=O) groups excluding carboxylic acids is 4. The summed E-state index contributed by atoms with van der Waals surface area (Å²) in [5.41, 5.74) is 1.67. The number of amides is 3. The van der Waals surface area contributed by atoms with Crippen molar-refractivity contribution in [2.24, 2.45) is 0 Å². The molecule has 0 unspecified atom stereocenters. The van der Waals surface area contributed by atoms with Gasteiger partial charge in [0.1, 0.15) is 11.6 Å². The number of ether oxygens (including phenoxy) is 2. The highest BCUT2D eigenvalue weighted by Crippen LogP contribution is 2.29. The maximum absolute atomic E-state index is 13.2. The Hall–Kier alpha value is -4.53. The van der Waals surface area contributed by atoms with Crippen molar-refractivity contribution < 1.29 is 33.0 Å². The van der Waals surface area contributed by atoms with Gasteiger partial charge in [-0.25, -0.2) is 14.1 Å². The maximum atomic E-state index is 13.2. The summed E-state index contributed by atoms with van der Waals surface area (Å²) in [4.78, 5) is 51.1. The van der Waals surface area contributed by atoms with Gasteiger partial charge in [0, 0.05) is 0 Å².